The van der Waals surface area contributed by atoms with E-state index in [4.69, 9.17) is 0 Å². The van der Waals surface area contributed by atoms with Crippen LogP contribution in [0.5, 0.6) is 0 Å². The quantitative estimate of drug-likeness (QED) is 0.470. The van der Waals surface area contributed by atoms with Gasteiger partial charge in [-0.3, -0.25) is 4.79 Å². The van der Waals surface area contributed by atoms with Crippen LogP contribution in [0.3, 0.4) is 0 Å². The summed E-state index contributed by atoms with van der Waals surface area (Å²) in [4.78, 5) is 10.6. The molecule has 0 amide bonds. The summed E-state index contributed by atoms with van der Waals surface area (Å²) >= 11 is 0. The van der Waals surface area contributed by atoms with Crippen LogP contribution in [0.25, 0.3) is 0 Å². The Balaban J connectivity index is 0.000000371. The molecule has 0 aromatic heterocycles. The van der Waals surface area contributed by atoms with E-state index < -0.39 is 0 Å². The second-order valence-electron chi connectivity index (χ2n) is 1.91. The van der Waals surface area contributed by atoms with Crippen LogP contribution in [-0.2, 0) is 4.79 Å². The molecule has 1 aliphatic rings. The van der Waals surface area contributed by atoms with E-state index >= 15 is 0 Å². The smallest absolute Gasteiger partial charge is 0.180 e. The molecule has 0 unspecified atom stereocenters. The number of carbonyl (C=O) groups excluding carboxylic acids is 1. The molecular formula is C9H14O. The lowest BCUT2D eigenvalue weighted by Crippen LogP contribution is -2.00. The topological polar surface area (TPSA) is 17.1 Å². The Morgan fingerprint density at radius 3 is 2.40 bits per heavy atom. The zero-order chi connectivity index (χ0) is 7.98. The number of hydrogen-bond donors (Lipinski definition) is 0. The molecule has 1 heteroatoms. The van der Waals surface area contributed by atoms with Crippen molar-refractivity contribution in [3.05, 3.63) is 24.3 Å². The molecule has 0 saturated carbocycles. The van der Waals surface area contributed by atoms with Crippen molar-refractivity contribution in [2.24, 2.45) is 0 Å². The molecule has 0 spiro atoms. The highest BCUT2D eigenvalue weighted by Gasteiger charge is 2.04. The lowest BCUT2D eigenvalue weighted by Gasteiger charge is -2.02. The molecule has 0 aliphatic heterocycles. The van der Waals surface area contributed by atoms with E-state index in [1.807, 2.05) is 19.9 Å². The van der Waals surface area contributed by atoms with Gasteiger partial charge < -0.3 is 0 Å². The Labute approximate surface area is 62.4 Å². The predicted octanol–water partition coefficient (Wildman–Crippen LogP) is 2.49. The minimum absolute atomic E-state index is 0.0938. The molecule has 0 radical (unpaired) electrons. The minimum atomic E-state index is 0.0938. The first-order chi connectivity index (χ1) is 4.80. The fourth-order valence-corrected chi connectivity index (χ4v) is 0.689. The van der Waals surface area contributed by atoms with Crippen LogP contribution in [0.4, 0.5) is 0 Å². The van der Waals surface area contributed by atoms with Gasteiger partial charge in [-0.1, -0.05) is 26.5 Å². The van der Waals surface area contributed by atoms with Gasteiger partial charge in [0.25, 0.3) is 0 Å². The first-order valence-electron chi connectivity index (χ1n) is 3.69. The molecular weight excluding hydrogens is 124 g/mol. The Bertz CT molecular complexity index is 154. The zero-order valence-corrected chi connectivity index (χ0v) is 6.68. The highest BCUT2D eigenvalue weighted by atomic mass is 16.1. The van der Waals surface area contributed by atoms with Crippen molar-refractivity contribution < 1.29 is 4.79 Å². The molecule has 1 rings (SSSR count). The predicted molar refractivity (Wildman–Crippen MR) is 43.9 cm³/mol. The van der Waals surface area contributed by atoms with Crippen molar-refractivity contribution >= 4 is 5.78 Å². The normalized spacial score (nSPS) is 16.2. The van der Waals surface area contributed by atoms with Crippen molar-refractivity contribution in [2.75, 3.05) is 0 Å². The first kappa shape index (κ1) is 9.15. The minimum Gasteiger partial charge on any atom is -0.290 e. The highest BCUT2D eigenvalue weighted by molar-refractivity contribution is 6.04. The maximum absolute atomic E-state index is 10.6. The van der Waals surface area contributed by atoms with Gasteiger partial charge in [0.15, 0.2) is 5.78 Å². The third-order valence-corrected chi connectivity index (χ3v) is 1.23. The average molecular weight is 138 g/mol. The first-order valence-corrected chi connectivity index (χ1v) is 3.69. The van der Waals surface area contributed by atoms with Gasteiger partial charge in [0.1, 0.15) is 0 Å². The van der Waals surface area contributed by atoms with Gasteiger partial charge in [-0.25, -0.2) is 0 Å². The van der Waals surface area contributed by atoms with Gasteiger partial charge in [0.2, 0.25) is 0 Å². The van der Waals surface area contributed by atoms with E-state index in [-0.39, 0.29) is 5.78 Å². The molecule has 10 heavy (non-hydrogen) atoms. The van der Waals surface area contributed by atoms with Crippen molar-refractivity contribution in [1.82, 2.24) is 0 Å². The Morgan fingerprint density at radius 2 is 2.10 bits per heavy atom. The van der Waals surface area contributed by atoms with Crippen LogP contribution in [0.1, 0.15) is 26.7 Å². The maximum atomic E-state index is 10.6. The van der Waals surface area contributed by atoms with E-state index in [9.17, 15) is 4.79 Å². The van der Waals surface area contributed by atoms with Crippen LogP contribution < -0.4 is 0 Å². The Hall–Kier alpha value is -0.850. The second-order valence-corrected chi connectivity index (χ2v) is 1.91. The van der Waals surface area contributed by atoms with Gasteiger partial charge >= 0.3 is 0 Å². The molecule has 0 bridgehead atoms. The zero-order valence-electron chi connectivity index (χ0n) is 6.68. The number of rotatable bonds is 0. The van der Waals surface area contributed by atoms with Gasteiger partial charge in [-0.2, -0.15) is 0 Å². The lowest BCUT2D eigenvalue weighted by molar-refractivity contribution is -0.111. The number of ketones is 1. The van der Waals surface area contributed by atoms with Crippen LogP contribution in [0.15, 0.2) is 24.3 Å². The van der Waals surface area contributed by atoms with Crippen LogP contribution >= 0.6 is 0 Å². The van der Waals surface area contributed by atoms with E-state index in [1.165, 1.54) is 0 Å². The highest BCUT2D eigenvalue weighted by Crippen LogP contribution is 2.10. The second kappa shape index (κ2) is 4.98. The summed E-state index contributed by atoms with van der Waals surface area (Å²) in [5.41, 5.74) is 0.743. The molecule has 0 heterocycles. The maximum Gasteiger partial charge on any atom is 0.180 e. The SMILES string of the molecule is C=C1CCC=CC1=O.CC. The van der Waals surface area contributed by atoms with Gasteiger partial charge in [0, 0.05) is 0 Å². The molecule has 1 aliphatic carbocycles. The molecule has 1 nitrogen and oxygen atoms in total. The van der Waals surface area contributed by atoms with Gasteiger partial charge in [0.05, 0.1) is 0 Å². The summed E-state index contributed by atoms with van der Waals surface area (Å²) in [6, 6.07) is 0. The summed E-state index contributed by atoms with van der Waals surface area (Å²) in [6.07, 6.45) is 5.29. The van der Waals surface area contributed by atoms with Crippen LogP contribution in [-0.4, -0.2) is 5.78 Å². The van der Waals surface area contributed by atoms with E-state index in [2.05, 4.69) is 6.58 Å². The van der Waals surface area contributed by atoms with E-state index in [1.54, 1.807) is 6.08 Å². The van der Waals surface area contributed by atoms with E-state index in [0.29, 0.717) is 0 Å². The fraction of sp³-hybridized carbons (Fsp3) is 0.444. The summed E-state index contributed by atoms with van der Waals surface area (Å²) < 4.78 is 0. The van der Waals surface area contributed by atoms with Gasteiger partial charge in [-0.15, -0.1) is 0 Å². The van der Waals surface area contributed by atoms with Crippen molar-refractivity contribution in [2.45, 2.75) is 26.7 Å². The Kier molecular flexibility index (Phi) is 4.55. The van der Waals surface area contributed by atoms with Crippen LogP contribution in [0, 0.1) is 0 Å². The van der Waals surface area contributed by atoms with Crippen molar-refractivity contribution in [3.8, 4) is 0 Å². The van der Waals surface area contributed by atoms with Crippen molar-refractivity contribution in [1.29, 1.82) is 0 Å². The molecule has 56 valence electrons. The largest absolute Gasteiger partial charge is 0.290 e. The summed E-state index contributed by atoms with van der Waals surface area (Å²) in [5.74, 6) is 0.0938. The molecule has 0 aromatic rings. The monoisotopic (exact) mass is 138 g/mol. The van der Waals surface area contributed by atoms with Gasteiger partial charge in [-0.05, 0) is 24.5 Å². The number of allylic oxidation sites excluding steroid dienone is 3. The number of carbonyl (C=O) groups is 1. The van der Waals surface area contributed by atoms with Crippen molar-refractivity contribution in [3.63, 3.8) is 0 Å². The third kappa shape index (κ3) is 2.62. The van der Waals surface area contributed by atoms with E-state index in [0.717, 1.165) is 18.4 Å². The molecule has 0 atom stereocenters. The molecule has 0 saturated heterocycles. The molecule has 0 N–H and O–H groups in total. The summed E-state index contributed by atoms with van der Waals surface area (Å²) in [5, 5.41) is 0. The van der Waals surface area contributed by atoms with Crippen LogP contribution in [0.2, 0.25) is 0 Å². The average Bonchev–Trinajstić information content (AvgIpc) is 2.00. The standard InChI is InChI=1S/C7H8O.C2H6/c1-6-4-2-3-5-7(6)8;1-2/h3,5H,1-2,4H2;1-2H3. The number of hydrogen-bond acceptors (Lipinski definition) is 1. The Morgan fingerprint density at radius 1 is 1.50 bits per heavy atom. The fourth-order valence-electron chi connectivity index (χ4n) is 0.689. The third-order valence-electron chi connectivity index (χ3n) is 1.23. The molecule has 0 fully saturated rings. The summed E-state index contributed by atoms with van der Waals surface area (Å²) in [7, 11) is 0. The molecule has 0 aromatic carbocycles. The summed E-state index contributed by atoms with van der Waals surface area (Å²) in [6.45, 7) is 7.59. The lowest BCUT2D eigenvalue weighted by atomic mass is 10.0.